The number of carbonyl (C=O) groups is 1. The first-order valence-corrected chi connectivity index (χ1v) is 5.43. The van der Waals surface area contributed by atoms with Crippen LogP contribution >= 0.6 is 0 Å². The van der Waals surface area contributed by atoms with Gasteiger partial charge in [-0.3, -0.25) is 9.78 Å². The van der Waals surface area contributed by atoms with Gasteiger partial charge in [0.25, 0.3) is 5.91 Å². The van der Waals surface area contributed by atoms with Gasteiger partial charge in [0.05, 0.1) is 22.5 Å². The Kier molecular flexibility index (Phi) is 2.71. The van der Waals surface area contributed by atoms with Gasteiger partial charge in [0.2, 0.25) is 0 Å². The summed E-state index contributed by atoms with van der Waals surface area (Å²) in [6.45, 7) is 3.81. The minimum absolute atomic E-state index is 0.457. The van der Waals surface area contributed by atoms with Crippen molar-refractivity contribution in [2.45, 2.75) is 13.8 Å². The molecule has 4 heteroatoms. The molecule has 1 aromatic heterocycles. The third kappa shape index (κ3) is 1.82. The summed E-state index contributed by atoms with van der Waals surface area (Å²) in [6.07, 6.45) is 0. The monoisotopic (exact) mass is 229 g/mol. The van der Waals surface area contributed by atoms with Crippen molar-refractivity contribution in [2.24, 2.45) is 5.73 Å². The van der Waals surface area contributed by atoms with E-state index in [1.807, 2.05) is 25.1 Å². The standard InChI is InChI=1S/C13H15N3O/c1-7-4-5-9-10(6-7)16-8(2)11(13(14)17)12(9)15-3/h4-6H,1-3H3,(H2,14,17)(H,15,16). The van der Waals surface area contributed by atoms with Crippen LogP contribution in [-0.2, 0) is 0 Å². The number of rotatable bonds is 2. The van der Waals surface area contributed by atoms with Crippen LogP contribution in [0.15, 0.2) is 18.2 Å². The molecule has 1 aromatic carbocycles. The molecule has 0 fully saturated rings. The third-order valence-corrected chi connectivity index (χ3v) is 2.82. The lowest BCUT2D eigenvalue weighted by molar-refractivity contribution is 0.100. The number of aryl methyl sites for hydroxylation is 2. The Morgan fingerprint density at radius 1 is 1.35 bits per heavy atom. The van der Waals surface area contributed by atoms with E-state index in [2.05, 4.69) is 10.3 Å². The molecule has 0 saturated heterocycles. The Morgan fingerprint density at radius 2 is 2.06 bits per heavy atom. The lowest BCUT2D eigenvalue weighted by Crippen LogP contribution is -2.16. The predicted molar refractivity (Wildman–Crippen MR) is 69.3 cm³/mol. The molecule has 0 spiro atoms. The van der Waals surface area contributed by atoms with Gasteiger partial charge in [0, 0.05) is 12.4 Å². The van der Waals surface area contributed by atoms with Gasteiger partial charge in [-0.25, -0.2) is 0 Å². The highest BCUT2D eigenvalue weighted by atomic mass is 16.1. The van der Waals surface area contributed by atoms with Crippen LogP contribution in [-0.4, -0.2) is 17.9 Å². The van der Waals surface area contributed by atoms with Gasteiger partial charge in [0.15, 0.2) is 0 Å². The molecule has 1 heterocycles. The largest absolute Gasteiger partial charge is 0.387 e. The third-order valence-electron chi connectivity index (χ3n) is 2.82. The van der Waals surface area contributed by atoms with Crippen LogP contribution < -0.4 is 11.1 Å². The fraction of sp³-hybridized carbons (Fsp3) is 0.231. The molecule has 4 nitrogen and oxygen atoms in total. The Bertz CT molecular complexity index is 605. The smallest absolute Gasteiger partial charge is 0.252 e. The van der Waals surface area contributed by atoms with Crippen molar-refractivity contribution in [2.75, 3.05) is 12.4 Å². The van der Waals surface area contributed by atoms with E-state index >= 15 is 0 Å². The Hall–Kier alpha value is -2.10. The number of fused-ring (bicyclic) bond motifs is 1. The summed E-state index contributed by atoms with van der Waals surface area (Å²) in [4.78, 5) is 15.9. The molecule has 0 atom stereocenters. The zero-order valence-corrected chi connectivity index (χ0v) is 10.2. The van der Waals surface area contributed by atoms with Crippen LogP contribution in [0.25, 0.3) is 10.9 Å². The van der Waals surface area contributed by atoms with E-state index in [4.69, 9.17) is 5.73 Å². The van der Waals surface area contributed by atoms with Crippen molar-refractivity contribution in [3.05, 3.63) is 35.0 Å². The highest BCUT2D eigenvalue weighted by molar-refractivity contribution is 6.07. The van der Waals surface area contributed by atoms with E-state index in [0.29, 0.717) is 11.3 Å². The summed E-state index contributed by atoms with van der Waals surface area (Å²) in [5.74, 6) is -0.457. The van der Waals surface area contributed by atoms with Gasteiger partial charge < -0.3 is 11.1 Å². The number of amides is 1. The first-order valence-electron chi connectivity index (χ1n) is 5.43. The molecule has 0 aliphatic carbocycles. The van der Waals surface area contributed by atoms with Crippen molar-refractivity contribution < 1.29 is 4.79 Å². The zero-order valence-electron chi connectivity index (χ0n) is 10.2. The van der Waals surface area contributed by atoms with Crippen molar-refractivity contribution in [1.82, 2.24) is 4.98 Å². The average Bonchev–Trinajstić information content (AvgIpc) is 2.26. The number of benzene rings is 1. The maximum atomic E-state index is 11.5. The molecule has 17 heavy (non-hydrogen) atoms. The first kappa shape index (κ1) is 11.4. The van der Waals surface area contributed by atoms with E-state index in [9.17, 15) is 4.79 Å². The number of carbonyl (C=O) groups excluding carboxylic acids is 1. The number of aromatic nitrogens is 1. The zero-order chi connectivity index (χ0) is 12.6. The average molecular weight is 229 g/mol. The van der Waals surface area contributed by atoms with Gasteiger partial charge in [-0.15, -0.1) is 0 Å². The maximum Gasteiger partial charge on any atom is 0.252 e. The van der Waals surface area contributed by atoms with Crippen molar-refractivity contribution in [1.29, 1.82) is 0 Å². The number of primary amides is 1. The van der Waals surface area contributed by atoms with Crippen LogP contribution in [0.3, 0.4) is 0 Å². The second kappa shape index (κ2) is 4.05. The van der Waals surface area contributed by atoms with Crippen molar-refractivity contribution >= 4 is 22.5 Å². The van der Waals surface area contributed by atoms with E-state index in [1.165, 1.54) is 0 Å². The molecule has 0 aliphatic rings. The van der Waals surface area contributed by atoms with Crippen LogP contribution in [0.2, 0.25) is 0 Å². The highest BCUT2D eigenvalue weighted by Gasteiger charge is 2.15. The number of hydrogen-bond acceptors (Lipinski definition) is 3. The fourth-order valence-electron chi connectivity index (χ4n) is 2.06. The van der Waals surface area contributed by atoms with Crippen molar-refractivity contribution in [3.63, 3.8) is 0 Å². The maximum absolute atomic E-state index is 11.5. The number of anilines is 1. The minimum atomic E-state index is -0.457. The van der Waals surface area contributed by atoms with E-state index in [-0.39, 0.29) is 0 Å². The van der Waals surface area contributed by atoms with Crippen LogP contribution in [0.4, 0.5) is 5.69 Å². The SMILES string of the molecule is CNc1c(C(N)=O)c(C)nc2cc(C)ccc12. The van der Waals surface area contributed by atoms with Crippen LogP contribution in [0, 0.1) is 13.8 Å². The van der Waals surface area contributed by atoms with E-state index in [0.717, 1.165) is 22.2 Å². The lowest BCUT2D eigenvalue weighted by Gasteiger charge is -2.12. The molecule has 2 aromatic rings. The highest BCUT2D eigenvalue weighted by Crippen LogP contribution is 2.28. The van der Waals surface area contributed by atoms with Gasteiger partial charge in [-0.1, -0.05) is 12.1 Å². The summed E-state index contributed by atoms with van der Waals surface area (Å²) in [7, 11) is 1.78. The van der Waals surface area contributed by atoms with Crippen molar-refractivity contribution in [3.8, 4) is 0 Å². The van der Waals surface area contributed by atoms with Gasteiger partial charge in [-0.05, 0) is 25.5 Å². The number of pyridine rings is 1. The summed E-state index contributed by atoms with van der Waals surface area (Å²) < 4.78 is 0. The molecule has 0 unspecified atom stereocenters. The van der Waals surface area contributed by atoms with Crippen LogP contribution in [0.5, 0.6) is 0 Å². The molecule has 0 bridgehead atoms. The number of nitrogens with one attached hydrogen (secondary N) is 1. The van der Waals surface area contributed by atoms with E-state index < -0.39 is 5.91 Å². The Balaban J connectivity index is 2.90. The number of hydrogen-bond donors (Lipinski definition) is 2. The van der Waals surface area contributed by atoms with Gasteiger partial charge in [-0.2, -0.15) is 0 Å². The molecule has 0 saturated carbocycles. The Labute approximate surface area is 99.8 Å². The summed E-state index contributed by atoms with van der Waals surface area (Å²) in [6, 6.07) is 5.94. The molecular formula is C13H15N3O. The predicted octanol–water partition coefficient (Wildman–Crippen LogP) is 1.99. The molecule has 3 N–H and O–H groups in total. The second-order valence-corrected chi connectivity index (χ2v) is 4.08. The topological polar surface area (TPSA) is 68.0 Å². The van der Waals surface area contributed by atoms with Gasteiger partial charge in [0.1, 0.15) is 0 Å². The molecule has 2 rings (SSSR count). The second-order valence-electron chi connectivity index (χ2n) is 4.08. The number of nitrogens with zero attached hydrogens (tertiary/aromatic N) is 1. The summed E-state index contributed by atoms with van der Waals surface area (Å²) in [5.41, 5.74) is 9.27. The quantitative estimate of drug-likeness (QED) is 0.827. The number of nitrogens with two attached hydrogens (primary N) is 1. The van der Waals surface area contributed by atoms with Gasteiger partial charge >= 0.3 is 0 Å². The van der Waals surface area contributed by atoms with Crippen LogP contribution in [0.1, 0.15) is 21.6 Å². The first-order chi connectivity index (χ1) is 8.04. The minimum Gasteiger partial charge on any atom is -0.387 e. The molecule has 1 amide bonds. The molecule has 0 radical (unpaired) electrons. The summed E-state index contributed by atoms with van der Waals surface area (Å²) >= 11 is 0. The summed E-state index contributed by atoms with van der Waals surface area (Å²) in [5, 5.41) is 3.95. The fourth-order valence-corrected chi connectivity index (χ4v) is 2.06. The lowest BCUT2D eigenvalue weighted by atomic mass is 10.0. The molecule has 88 valence electrons. The molecular weight excluding hydrogens is 214 g/mol. The van der Waals surface area contributed by atoms with E-state index in [1.54, 1.807) is 14.0 Å². The normalized spacial score (nSPS) is 10.5. The molecule has 0 aliphatic heterocycles. The Morgan fingerprint density at radius 3 is 2.65 bits per heavy atom.